The van der Waals surface area contributed by atoms with Crippen molar-refractivity contribution in [1.82, 2.24) is 9.47 Å². The van der Waals surface area contributed by atoms with Crippen molar-refractivity contribution >= 4 is 5.91 Å². The first-order valence-electron chi connectivity index (χ1n) is 8.42. The summed E-state index contributed by atoms with van der Waals surface area (Å²) in [6.07, 6.45) is 2.81. The summed E-state index contributed by atoms with van der Waals surface area (Å²) in [6.45, 7) is 4.15. The SMILES string of the molecule is COc1ccc2c(c1)OC[C@@H](C(=O)N1CCn3cccc3[C@@H]1C)C2. The molecule has 0 bridgehead atoms. The van der Waals surface area contributed by atoms with Crippen LogP contribution >= 0.6 is 0 Å². The van der Waals surface area contributed by atoms with Gasteiger partial charge >= 0.3 is 0 Å². The Morgan fingerprint density at radius 2 is 2.17 bits per heavy atom. The molecule has 2 aromatic rings. The number of aromatic nitrogens is 1. The van der Waals surface area contributed by atoms with Crippen LogP contribution in [0.1, 0.15) is 24.2 Å². The molecule has 0 saturated heterocycles. The first-order valence-corrected chi connectivity index (χ1v) is 8.42. The van der Waals surface area contributed by atoms with Crippen LogP contribution in [0.15, 0.2) is 36.5 Å². The molecule has 5 heteroatoms. The number of hydrogen-bond donors (Lipinski definition) is 0. The number of rotatable bonds is 2. The lowest BCUT2D eigenvalue weighted by Crippen LogP contribution is -2.46. The maximum Gasteiger partial charge on any atom is 0.230 e. The highest BCUT2D eigenvalue weighted by atomic mass is 16.5. The van der Waals surface area contributed by atoms with Crippen molar-refractivity contribution in [2.24, 2.45) is 5.92 Å². The average Bonchev–Trinajstić information content (AvgIpc) is 3.10. The van der Waals surface area contributed by atoms with E-state index in [4.69, 9.17) is 9.47 Å². The van der Waals surface area contributed by atoms with Crippen LogP contribution < -0.4 is 9.47 Å². The molecule has 0 radical (unpaired) electrons. The number of fused-ring (bicyclic) bond motifs is 2. The highest BCUT2D eigenvalue weighted by Gasteiger charge is 2.34. The summed E-state index contributed by atoms with van der Waals surface area (Å²) in [5, 5.41) is 0. The Bertz CT molecular complexity index is 768. The van der Waals surface area contributed by atoms with Crippen molar-refractivity contribution < 1.29 is 14.3 Å². The van der Waals surface area contributed by atoms with Crippen molar-refractivity contribution in [3.05, 3.63) is 47.8 Å². The summed E-state index contributed by atoms with van der Waals surface area (Å²) in [5.74, 6) is 1.69. The highest BCUT2D eigenvalue weighted by molar-refractivity contribution is 5.80. The van der Waals surface area contributed by atoms with E-state index < -0.39 is 0 Å². The lowest BCUT2D eigenvalue weighted by atomic mass is 9.94. The molecule has 2 aliphatic rings. The summed E-state index contributed by atoms with van der Waals surface area (Å²) >= 11 is 0. The van der Waals surface area contributed by atoms with Gasteiger partial charge in [0.1, 0.15) is 18.1 Å². The molecular formula is C19H22N2O3. The standard InChI is InChI=1S/C19H22N2O3/c1-13-17-4-3-7-20(17)8-9-21(13)19(22)15-10-14-5-6-16(23-2)11-18(14)24-12-15/h3-7,11,13,15H,8-10,12H2,1-2H3/t13-,15-/m0/s1. The van der Waals surface area contributed by atoms with Gasteiger partial charge in [-0.3, -0.25) is 4.79 Å². The Balaban J connectivity index is 1.52. The highest BCUT2D eigenvalue weighted by Crippen LogP contribution is 2.33. The number of benzene rings is 1. The van der Waals surface area contributed by atoms with Gasteiger partial charge in [-0.25, -0.2) is 0 Å². The van der Waals surface area contributed by atoms with E-state index in [9.17, 15) is 4.79 Å². The molecule has 2 atom stereocenters. The quantitative estimate of drug-likeness (QED) is 0.852. The lowest BCUT2D eigenvalue weighted by molar-refractivity contribution is -0.140. The second-order valence-electron chi connectivity index (χ2n) is 6.52. The normalized spacial score (nSPS) is 22.3. The topological polar surface area (TPSA) is 43.7 Å². The fourth-order valence-electron chi connectivity index (χ4n) is 3.75. The molecule has 0 spiro atoms. The second kappa shape index (κ2) is 5.89. The first-order chi connectivity index (χ1) is 11.7. The maximum absolute atomic E-state index is 13.0. The van der Waals surface area contributed by atoms with Crippen LogP contribution in [0, 0.1) is 5.92 Å². The Labute approximate surface area is 141 Å². The van der Waals surface area contributed by atoms with Gasteiger partial charge in [-0.2, -0.15) is 0 Å². The Hall–Kier alpha value is -2.43. The first kappa shape index (κ1) is 15.1. The number of hydrogen-bond acceptors (Lipinski definition) is 3. The zero-order valence-electron chi connectivity index (χ0n) is 14.1. The third-order valence-corrected chi connectivity index (χ3v) is 5.15. The Morgan fingerprint density at radius 1 is 1.29 bits per heavy atom. The molecule has 24 heavy (non-hydrogen) atoms. The molecule has 0 aliphatic carbocycles. The third kappa shape index (κ3) is 2.44. The minimum atomic E-state index is -0.116. The van der Waals surface area contributed by atoms with Gasteiger partial charge in [0.15, 0.2) is 0 Å². The van der Waals surface area contributed by atoms with Crippen molar-refractivity contribution in [3.8, 4) is 11.5 Å². The summed E-state index contributed by atoms with van der Waals surface area (Å²) < 4.78 is 13.3. The van der Waals surface area contributed by atoms with E-state index in [1.54, 1.807) is 7.11 Å². The zero-order valence-corrected chi connectivity index (χ0v) is 14.1. The number of methoxy groups -OCH3 is 1. The molecule has 1 amide bonds. The van der Waals surface area contributed by atoms with Crippen LogP contribution in [-0.4, -0.2) is 35.6 Å². The fraction of sp³-hybridized carbons (Fsp3) is 0.421. The minimum Gasteiger partial charge on any atom is -0.497 e. The van der Waals surface area contributed by atoms with Gasteiger partial charge in [-0.1, -0.05) is 6.07 Å². The molecule has 0 N–H and O–H groups in total. The number of nitrogens with zero attached hydrogens (tertiary/aromatic N) is 2. The van der Waals surface area contributed by atoms with E-state index in [2.05, 4.69) is 23.8 Å². The predicted molar refractivity (Wildman–Crippen MR) is 90.2 cm³/mol. The van der Waals surface area contributed by atoms with Gasteiger partial charge in [0.25, 0.3) is 0 Å². The predicted octanol–water partition coefficient (Wildman–Crippen LogP) is 2.65. The lowest BCUT2D eigenvalue weighted by Gasteiger charge is -2.38. The van der Waals surface area contributed by atoms with E-state index in [0.717, 1.165) is 36.6 Å². The van der Waals surface area contributed by atoms with Crippen molar-refractivity contribution in [2.75, 3.05) is 20.3 Å². The van der Waals surface area contributed by atoms with Crippen LogP contribution in [0.4, 0.5) is 0 Å². The summed E-state index contributed by atoms with van der Waals surface area (Å²) in [7, 11) is 1.64. The van der Waals surface area contributed by atoms with E-state index in [1.165, 1.54) is 5.69 Å². The molecule has 126 valence electrons. The van der Waals surface area contributed by atoms with Crippen molar-refractivity contribution in [3.63, 3.8) is 0 Å². The molecule has 2 aliphatic heterocycles. The van der Waals surface area contributed by atoms with Gasteiger partial charge in [-0.05, 0) is 37.1 Å². The van der Waals surface area contributed by atoms with E-state index in [1.807, 2.05) is 29.2 Å². The minimum absolute atomic E-state index is 0.110. The van der Waals surface area contributed by atoms with Gasteiger partial charge in [0.05, 0.1) is 19.1 Å². The second-order valence-corrected chi connectivity index (χ2v) is 6.52. The van der Waals surface area contributed by atoms with Crippen molar-refractivity contribution in [1.29, 1.82) is 0 Å². The number of amides is 1. The largest absolute Gasteiger partial charge is 0.497 e. The van der Waals surface area contributed by atoms with Gasteiger partial charge in [0, 0.05) is 31.0 Å². The molecule has 3 heterocycles. The van der Waals surface area contributed by atoms with Crippen LogP contribution in [-0.2, 0) is 17.8 Å². The zero-order chi connectivity index (χ0) is 16.7. The average molecular weight is 326 g/mol. The van der Waals surface area contributed by atoms with Gasteiger partial charge in [-0.15, -0.1) is 0 Å². The van der Waals surface area contributed by atoms with Crippen LogP contribution in [0.25, 0.3) is 0 Å². The van der Waals surface area contributed by atoms with Crippen molar-refractivity contribution in [2.45, 2.75) is 25.9 Å². The maximum atomic E-state index is 13.0. The van der Waals surface area contributed by atoms with E-state index >= 15 is 0 Å². The van der Waals surface area contributed by atoms with E-state index in [0.29, 0.717) is 6.61 Å². The molecule has 0 unspecified atom stereocenters. The van der Waals surface area contributed by atoms with Crippen LogP contribution in [0.3, 0.4) is 0 Å². The van der Waals surface area contributed by atoms with Gasteiger partial charge in [0.2, 0.25) is 5.91 Å². The summed E-state index contributed by atoms with van der Waals surface area (Å²) in [5.41, 5.74) is 2.28. The Kier molecular flexibility index (Phi) is 3.71. The summed E-state index contributed by atoms with van der Waals surface area (Å²) in [6, 6.07) is 10.1. The monoisotopic (exact) mass is 326 g/mol. The fourth-order valence-corrected chi connectivity index (χ4v) is 3.75. The number of carbonyl (C=O) groups excluding carboxylic acids is 1. The molecule has 0 saturated carbocycles. The number of carbonyl (C=O) groups is 1. The molecule has 1 aromatic carbocycles. The third-order valence-electron chi connectivity index (χ3n) is 5.15. The van der Waals surface area contributed by atoms with Gasteiger partial charge < -0.3 is 18.9 Å². The summed E-state index contributed by atoms with van der Waals surface area (Å²) in [4.78, 5) is 15.0. The molecule has 4 rings (SSSR count). The molecular weight excluding hydrogens is 304 g/mol. The smallest absolute Gasteiger partial charge is 0.230 e. The molecule has 5 nitrogen and oxygen atoms in total. The molecule has 1 aromatic heterocycles. The molecule has 0 fully saturated rings. The Morgan fingerprint density at radius 3 is 3.00 bits per heavy atom. The van der Waals surface area contributed by atoms with Crippen LogP contribution in [0.2, 0.25) is 0 Å². The van der Waals surface area contributed by atoms with Crippen LogP contribution in [0.5, 0.6) is 11.5 Å². The van der Waals surface area contributed by atoms with E-state index in [-0.39, 0.29) is 17.9 Å². The number of ether oxygens (including phenoxy) is 2.